The molecule has 0 rings (SSSR count). The monoisotopic (exact) mass is 166 g/mol. The minimum absolute atomic E-state index is 0. The predicted octanol–water partition coefficient (Wildman–Crippen LogP) is -4.44. The third-order valence-electron chi connectivity index (χ3n) is 0. The first kappa shape index (κ1) is 16.1. The van der Waals surface area contributed by atoms with Gasteiger partial charge in [0.05, 0.1) is 0 Å². The van der Waals surface area contributed by atoms with Crippen LogP contribution in [-0.4, -0.2) is 97.0 Å². The summed E-state index contributed by atoms with van der Waals surface area (Å²) < 4.78 is 0. The third-order valence-corrected chi connectivity index (χ3v) is 0. The van der Waals surface area contributed by atoms with E-state index in [2.05, 4.69) is 0 Å². The van der Waals surface area contributed by atoms with Gasteiger partial charge in [0.2, 0.25) is 0 Å². The van der Waals surface area contributed by atoms with E-state index in [-0.39, 0.29) is 68.7 Å². The van der Waals surface area contributed by atoms with E-state index in [1.54, 1.807) is 0 Å². The van der Waals surface area contributed by atoms with Gasteiger partial charge in [-0.15, -0.1) is 0 Å². The van der Waals surface area contributed by atoms with Crippen molar-refractivity contribution in [3.05, 3.63) is 0 Å². The first-order valence-corrected chi connectivity index (χ1v) is 2.68. The fraction of sp³-hybridized carbons (Fsp3) is 0. The van der Waals surface area contributed by atoms with Gasteiger partial charge in [0, 0.05) is 0 Å². The van der Waals surface area contributed by atoms with Crippen molar-refractivity contribution in [1.82, 2.24) is 0 Å². The van der Waals surface area contributed by atoms with Crippen molar-refractivity contribution < 1.29 is 19.2 Å². The second-order valence-corrected chi connectivity index (χ2v) is 1.80. The van der Waals surface area contributed by atoms with Crippen molar-refractivity contribution in [3.63, 3.8) is 0 Å². The van der Waals surface area contributed by atoms with E-state index in [0.29, 0.717) is 0 Å². The van der Waals surface area contributed by atoms with E-state index in [1.807, 2.05) is 0 Å². The molecule has 0 aliphatic heterocycles. The van der Waals surface area contributed by atoms with Crippen LogP contribution in [0.5, 0.6) is 0 Å². The van der Waals surface area contributed by atoms with E-state index in [0.717, 1.165) is 0 Å². The van der Waals surface area contributed by atoms with Gasteiger partial charge in [-0.1, -0.05) is 0 Å². The van der Waals surface area contributed by atoms with Crippen molar-refractivity contribution in [2.24, 2.45) is 0 Å². The van der Waals surface area contributed by atoms with Crippen molar-refractivity contribution >= 4 is 77.8 Å². The van der Waals surface area contributed by atoms with Crippen LogP contribution in [0.2, 0.25) is 0 Å². The zero-order valence-corrected chi connectivity index (χ0v) is 3.29. The van der Waals surface area contributed by atoms with Crippen LogP contribution in [0.4, 0.5) is 0 Å². The molecule has 0 unspecified atom stereocenters. The zero-order chi connectivity index (χ0) is 4.50. The molecule has 0 radical (unpaired) electrons. The maximum absolute atomic E-state index is 7.33. The predicted molar refractivity (Wildman–Crippen MR) is 31.7 cm³/mol. The van der Waals surface area contributed by atoms with Gasteiger partial charge in [0.15, 0.2) is 17.4 Å². The van der Waals surface area contributed by atoms with Gasteiger partial charge in [0.1, 0.15) is 0 Å². The van der Waals surface area contributed by atoms with Crippen molar-refractivity contribution in [3.8, 4) is 0 Å². The third kappa shape index (κ3) is 64.4. The first-order valence-electron chi connectivity index (χ1n) is 0.894. The normalized spacial score (nSPS) is 8.57. The molecule has 40 valence electrons. The summed E-state index contributed by atoms with van der Waals surface area (Å²) in [5.74, 6) is 0. The Morgan fingerprint density at radius 2 is 0.857 bits per heavy atom. The minimum atomic E-state index is -4.61. The average molecular weight is 166 g/mol. The number of hydrogen-bond acceptors (Lipinski definition) is 4. The molecule has 0 aliphatic rings. The SMILES string of the molecule is O[Si](O)(O)O.[AlH3].[KH]. The Bertz CT molecular complexity index is 27.2. The maximum atomic E-state index is 7.33. The number of hydrogen-bond donors (Lipinski definition) is 4. The van der Waals surface area contributed by atoms with Gasteiger partial charge >= 0.3 is 60.4 Å². The van der Waals surface area contributed by atoms with E-state index >= 15 is 0 Å². The molecule has 7 heavy (non-hydrogen) atoms. The summed E-state index contributed by atoms with van der Waals surface area (Å²) >= 11 is 0. The molecule has 4 N–H and O–H groups in total. The summed E-state index contributed by atoms with van der Waals surface area (Å²) in [6, 6.07) is 0. The summed E-state index contributed by atoms with van der Waals surface area (Å²) in [5, 5.41) is 0. The molecule has 0 aromatic rings. The number of rotatable bonds is 0. The van der Waals surface area contributed by atoms with Gasteiger partial charge < -0.3 is 19.2 Å². The zero-order valence-electron chi connectivity index (χ0n) is 2.29. The van der Waals surface area contributed by atoms with Gasteiger partial charge in [0.25, 0.3) is 0 Å². The standard InChI is InChI=1S/Al.K.H4O4Si.4H/c;;1-5(2,3)4;;;;/h;;1-4H;;;;. The molecule has 0 atom stereocenters. The topological polar surface area (TPSA) is 80.9 Å². The Morgan fingerprint density at radius 3 is 0.857 bits per heavy atom. The van der Waals surface area contributed by atoms with Crippen LogP contribution in [0.25, 0.3) is 0 Å². The molecule has 0 saturated heterocycles. The van der Waals surface area contributed by atoms with Crippen LogP contribution in [0.15, 0.2) is 0 Å². The van der Waals surface area contributed by atoms with Crippen molar-refractivity contribution in [2.75, 3.05) is 0 Å². The Labute approximate surface area is 95.2 Å². The molecule has 4 nitrogen and oxygen atoms in total. The summed E-state index contributed by atoms with van der Waals surface area (Å²) in [6.07, 6.45) is 0. The van der Waals surface area contributed by atoms with E-state index < -0.39 is 9.05 Å². The summed E-state index contributed by atoms with van der Waals surface area (Å²) in [5.41, 5.74) is 0. The summed E-state index contributed by atoms with van der Waals surface area (Å²) in [7, 11) is -4.61. The van der Waals surface area contributed by atoms with E-state index in [9.17, 15) is 0 Å². The fourth-order valence-electron chi connectivity index (χ4n) is 0. The molecule has 0 aliphatic carbocycles. The van der Waals surface area contributed by atoms with Gasteiger partial charge in [-0.2, -0.15) is 0 Å². The van der Waals surface area contributed by atoms with Gasteiger partial charge in [-0.3, -0.25) is 0 Å². The molecule has 0 bridgehead atoms. The molecule has 0 fully saturated rings. The quantitative estimate of drug-likeness (QED) is 0.274. The van der Waals surface area contributed by atoms with Crippen LogP contribution in [0.1, 0.15) is 0 Å². The van der Waals surface area contributed by atoms with Crippen molar-refractivity contribution in [2.45, 2.75) is 0 Å². The Kier molecular flexibility index (Phi) is 14.6. The second-order valence-electron chi connectivity index (χ2n) is 0.600. The molecule has 0 saturated carbocycles. The molecule has 0 spiro atoms. The van der Waals surface area contributed by atoms with E-state index in [4.69, 9.17) is 19.2 Å². The molecule has 7 heteroatoms. The van der Waals surface area contributed by atoms with Crippen LogP contribution in [-0.2, 0) is 0 Å². The van der Waals surface area contributed by atoms with Crippen LogP contribution < -0.4 is 0 Å². The van der Waals surface area contributed by atoms with Crippen LogP contribution in [0.3, 0.4) is 0 Å². The van der Waals surface area contributed by atoms with Gasteiger partial charge in [-0.05, 0) is 0 Å². The van der Waals surface area contributed by atoms with Gasteiger partial charge in [-0.25, -0.2) is 0 Å². The van der Waals surface area contributed by atoms with E-state index in [1.165, 1.54) is 0 Å². The summed E-state index contributed by atoms with van der Waals surface area (Å²) in [4.78, 5) is 29.3. The van der Waals surface area contributed by atoms with Crippen LogP contribution >= 0.6 is 0 Å². The Hall–Kier alpha value is 2.23. The molecular weight excluding hydrogens is 158 g/mol. The average Bonchev–Trinajstić information content (AvgIpc) is 0.722. The molecule has 0 aromatic carbocycles. The van der Waals surface area contributed by atoms with Crippen molar-refractivity contribution in [1.29, 1.82) is 0 Å². The fourth-order valence-corrected chi connectivity index (χ4v) is 0. The molecule has 0 amide bonds. The summed E-state index contributed by atoms with van der Waals surface area (Å²) in [6.45, 7) is 0. The Balaban J connectivity index is -0.0000000800. The van der Waals surface area contributed by atoms with Crippen LogP contribution in [0, 0.1) is 0 Å². The molecule has 0 aromatic heterocycles. The Morgan fingerprint density at radius 1 is 0.857 bits per heavy atom. The molecule has 0 heterocycles. The molecular formula is H8AlKO4Si. The first-order chi connectivity index (χ1) is 2.00. The second kappa shape index (κ2) is 6.35.